The monoisotopic (exact) mass is 361 g/mol. The SMILES string of the molecule is Cc1ccc(NCCCNC(=O)Cc2ccc(S(C)(=O)=O)cc2)nc1. The first kappa shape index (κ1) is 18.9. The summed E-state index contributed by atoms with van der Waals surface area (Å²) in [5.41, 5.74) is 1.90. The van der Waals surface area contributed by atoms with Crippen LogP contribution < -0.4 is 10.6 Å². The Labute approximate surface area is 148 Å². The van der Waals surface area contributed by atoms with E-state index in [0.29, 0.717) is 6.54 Å². The van der Waals surface area contributed by atoms with Crippen molar-refractivity contribution in [2.24, 2.45) is 0 Å². The molecule has 25 heavy (non-hydrogen) atoms. The number of rotatable bonds is 8. The fourth-order valence-corrected chi connectivity index (χ4v) is 2.84. The highest BCUT2D eigenvalue weighted by molar-refractivity contribution is 7.90. The van der Waals surface area contributed by atoms with Gasteiger partial charge in [-0.15, -0.1) is 0 Å². The molecular formula is C18H23N3O3S. The molecule has 2 aromatic rings. The van der Waals surface area contributed by atoms with Crippen LogP contribution in [0.2, 0.25) is 0 Å². The minimum atomic E-state index is -3.21. The van der Waals surface area contributed by atoms with Crippen molar-refractivity contribution < 1.29 is 13.2 Å². The van der Waals surface area contributed by atoms with Gasteiger partial charge in [-0.2, -0.15) is 0 Å². The second kappa shape index (κ2) is 8.62. The van der Waals surface area contributed by atoms with Crippen LogP contribution in [0, 0.1) is 6.92 Å². The van der Waals surface area contributed by atoms with Gasteiger partial charge in [0.15, 0.2) is 9.84 Å². The van der Waals surface area contributed by atoms with Gasteiger partial charge in [0.2, 0.25) is 5.91 Å². The molecule has 0 saturated heterocycles. The van der Waals surface area contributed by atoms with Crippen molar-refractivity contribution in [2.75, 3.05) is 24.7 Å². The Morgan fingerprint density at radius 1 is 1.08 bits per heavy atom. The van der Waals surface area contributed by atoms with E-state index in [0.717, 1.165) is 36.2 Å². The number of nitrogens with zero attached hydrogens (tertiary/aromatic N) is 1. The third kappa shape index (κ3) is 6.54. The molecule has 134 valence electrons. The van der Waals surface area contributed by atoms with Gasteiger partial charge < -0.3 is 10.6 Å². The molecule has 0 aliphatic heterocycles. The van der Waals surface area contributed by atoms with E-state index in [1.807, 2.05) is 19.1 Å². The zero-order valence-corrected chi connectivity index (χ0v) is 15.3. The van der Waals surface area contributed by atoms with Gasteiger partial charge in [0, 0.05) is 25.5 Å². The third-order valence-corrected chi connectivity index (χ3v) is 4.74. The number of nitrogens with one attached hydrogen (secondary N) is 2. The average Bonchev–Trinajstić information content (AvgIpc) is 2.56. The summed E-state index contributed by atoms with van der Waals surface area (Å²) >= 11 is 0. The minimum absolute atomic E-state index is 0.0828. The fourth-order valence-electron chi connectivity index (χ4n) is 2.21. The van der Waals surface area contributed by atoms with Crippen LogP contribution >= 0.6 is 0 Å². The summed E-state index contributed by atoms with van der Waals surface area (Å²) in [5.74, 6) is 0.739. The number of anilines is 1. The van der Waals surface area contributed by atoms with Crippen LogP contribution in [-0.4, -0.2) is 38.7 Å². The summed E-state index contributed by atoms with van der Waals surface area (Å²) in [4.78, 5) is 16.4. The highest BCUT2D eigenvalue weighted by atomic mass is 32.2. The molecule has 0 aliphatic rings. The minimum Gasteiger partial charge on any atom is -0.370 e. The van der Waals surface area contributed by atoms with Crippen molar-refractivity contribution in [1.29, 1.82) is 0 Å². The first-order chi connectivity index (χ1) is 11.8. The van der Waals surface area contributed by atoms with Crippen molar-refractivity contribution in [3.05, 3.63) is 53.7 Å². The summed E-state index contributed by atoms with van der Waals surface area (Å²) in [6.07, 6.45) is 3.99. The lowest BCUT2D eigenvalue weighted by molar-refractivity contribution is -0.120. The Morgan fingerprint density at radius 3 is 2.40 bits per heavy atom. The number of pyridine rings is 1. The van der Waals surface area contributed by atoms with E-state index in [9.17, 15) is 13.2 Å². The van der Waals surface area contributed by atoms with Gasteiger partial charge in [-0.3, -0.25) is 4.79 Å². The van der Waals surface area contributed by atoms with Gasteiger partial charge in [-0.1, -0.05) is 18.2 Å². The number of sulfone groups is 1. The van der Waals surface area contributed by atoms with Crippen LogP contribution in [0.15, 0.2) is 47.5 Å². The third-order valence-electron chi connectivity index (χ3n) is 3.61. The number of aromatic nitrogens is 1. The van der Waals surface area contributed by atoms with E-state index in [1.165, 1.54) is 12.1 Å². The Kier molecular flexibility index (Phi) is 6.52. The van der Waals surface area contributed by atoms with Gasteiger partial charge in [0.05, 0.1) is 11.3 Å². The second-order valence-electron chi connectivity index (χ2n) is 5.94. The van der Waals surface area contributed by atoms with Crippen molar-refractivity contribution in [1.82, 2.24) is 10.3 Å². The number of benzene rings is 1. The van der Waals surface area contributed by atoms with Crippen molar-refractivity contribution in [3.63, 3.8) is 0 Å². The lowest BCUT2D eigenvalue weighted by Crippen LogP contribution is -2.27. The molecule has 1 aromatic heterocycles. The van der Waals surface area contributed by atoms with Crippen LogP contribution in [0.25, 0.3) is 0 Å². The van der Waals surface area contributed by atoms with Crippen LogP contribution in [0.3, 0.4) is 0 Å². The zero-order valence-electron chi connectivity index (χ0n) is 14.5. The molecule has 0 spiro atoms. The topological polar surface area (TPSA) is 88.2 Å². The van der Waals surface area contributed by atoms with Gasteiger partial charge in [-0.25, -0.2) is 13.4 Å². The molecule has 0 radical (unpaired) electrons. The molecule has 2 N–H and O–H groups in total. The summed E-state index contributed by atoms with van der Waals surface area (Å²) in [6.45, 7) is 3.28. The lowest BCUT2D eigenvalue weighted by atomic mass is 10.1. The Bertz CT molecular complexity index is 800. The summed E-state index contributed by atoms with van der Waals surface area (Å²) in [7, 11) is -3.21. The molecular weight excluding hydrogens is 338 g/mol. The van der Waals surface area contributed by atoms with Crippen molar-refractivity contribution in [2.45, 2.75) is 24.7 Å². The molecule has 0 unspecified atom stereocenters. The summed E-state index contributed by atoms with van der Waals surface area (Å²) in [5, 5.41) is 6.05. The molecule has 1 heterocycles. The maximum atomic E-state index is 11.9. The van der Waals surface area contributed by atoms with Crippen molar-refractivity contribution in [3.8, 4) is 0 Å². The fraction of sp³-hybridized carbons (Fsp3) is 0.333. The Morgan fingerprint density at radius 2 is 1.80 bits per heavy atom. The van der Waals surface area contributed by atoms with Gasteiger partial charge in [0.25, 0.3) is 0 Å². The number of carbonyl (C=O) groups excluding carboxylic acids is 1. The molecule has 1 amide bonds. The standard InChI is InChI=1S/C18H23N3O3S/c1-14-4-9-17(21-13-14)19-10-3-11-20-18(22)12-15-5-7-16(8-6-15)25(2,23)24/h4-9,13H,3,10-12H2,1-2H3,(H,19,21)(H,20,22). The van der Waals surface area contributed by atoms with E-state index in [-0.39, 0.29) is 17.2 Å². The highest BCUT2D eigenvalue weighted by Gasteiger charge is 2.08. The smallest absolute Gasteiger partial charge is 0.224 e. The first-order valence-corrected chi connectivity index (χ1v) is 9.96. The van der Waals surface area contributed by atoms with Gasteiger partial charge in [-0.05, 0) is 42.7 Å². The number of carbonyl (C=O) groups is 1. The average molecular weight is 361 g/mol. The van der Waals surface area contributed by atoms with Crippen LogP contribution in [-0.2, 0) is 21.1 Å². The molecule has 7 heteroatoms. The van der Waals surface area contributed by atoms with Crippen molar-refractivity contribution >= 4 is 21.6 Å². The van der Waals surface area contributed by atoms with E-state index in [2.05, 4.69) is 15.6 Å². The zero-order chi connectivity index (χ0) is 18.3. The van der Waals surface area contributed by atoms with Gasteiger partial charge in [0.1, 0.15) is 5.82 Å². The normalized spacial score (nSPS) is 11.1. The highest BCUT2D eigenvalue weighted by Crippen LogP contribution is 2.10. The van der Waals surface area contributed by atoms with E-state index in [1.54, 1.807) is 18.3 Å². The maximum Gasteiger partial charge on any atom is 0.224 e. The van der Waals surface area contributed by atoms with E-state index < -0.39 is 9.84 Å². The molecule has 2 rings (SSSR count). The Balaban J connectivity index is 1.67. The number of hydrogen-bond donors (Lipinski definition) is 2. The second-order valence-corrected chi connectivity index (χ2v) is 7.96. The molecule has 1 aromatic carbocycles. The molecule has 6 nitrogen and oxygen atoms in total. The summed E-state index contributed by atoms with van der Waals surface area (Å²) < 4.78 is 22.8. The molecule has 0 atom stereocenters. The largest absolute Gasteiger partial charge is 0.370 e. The van der Waals surface area contributed by atoms with Crippen LogP contribution in [0.1, 0.15) is 17.5 Å². The van der Waals surface area contributed by atoms with E-state index >= 15 is 0 Å². The number of amides is 1. The van der Waals surface area contributed by atoms with E-state index in [4.69, 9.17) is 0 Å². The van der Waals surface area contributed by atoms with Gasteiger partial charge >= 0.3 is 0 Å². The quantitative estimate of drug-likeness (QED) is 0.702. The lowest BCUT2D eigenvalue weighted by Gasteiger charge is -2.08. The molecule has 0 bridgehead atoms. The molecule has 0 saturated carbocycles. The number of aryl methyl sites for hydroxylation is 1. The Hall–Kier alpha value is -2.41. The predicted molar refractivity (Wildman–Crippen MR) is 98.3 cm³/mol. The molecule has 0 aliphatic carbocycles. The number of hydrogen-bond acceptors (Lipinski definition) is 5. The van der Waals surface area contributed by atoms with Crippen LogP contribution in [0.4, 0.5) is 5.82 Å². The predicted octanol–water partition coefficient (Wildman–Crippen LogP) is 1.95. The van der Waals surface area contributed by atoms with Crippen LogP contribution in [0.5, 0.6) is 0 Å². The molecule has 0 fully saturated rings. The first-order valence-electron chi connectivity index (χ1n) is 8.07. The maximum absolute atomic E-state index is 11.9. The summed E-state index contributed by atoms with van der Waals surface area (Å²) in [6, 6.07) is 10.3.